The first kappa shape index (κ1) is 16.7. The third kappa shape index (κ3) is 3.68. The summed E-state index contributed by atoms with van der Waals surface area (Å²) in [5, 5.41) is 0. The van der Waals surface area contributed by atoms with Crippen molar-refractivity contribution in [1.29, 1.82) is 0 Å². The maximum Gasteiger partial charge on any atom is 0.266 e. The van der Waals surface area contributed by atoms with Gasteiger partial charge in [0.25, 0.3) is 5.91 Å². The van der Waals surface area contributed by atoms with Crippen molar-refractivity contribution in [2.24, 2.45) is 0 Å². The van der Waals surface area contributed by atoms with Crippen molar-refractivity contribution in [3.05, 3.63) is 70.6 Å². The van der Waals surface area contributed by atoms with Crippen LogP contribution in [0, 0.1) is 0 Å². The van der Waals surface area contributed by atoms with E-state index < -0.39 is 0 Å². The van der Waals surface area contributed by atoms with Gasteiger partial charge in [0.15, 0.2) is 0 Å². The van der Waals surface area contributed by atoms with Crippen molar-refractivity contribution in [1.82, 2.24) is 4.90 Å². The first-order valence-electron chi connectivity index (χ1n) is 7.61. The monoisotopic (exact) mass is 355 g/mol. The number of methoxy groups -OCH3 is 1. The van der Waals surface area contributed by atoms with Gasteiger partial charge in [-0.05, 0) is 24.1 Å². The van der Waals surface area contributed by atoms with Crippen LogP contribution < -0.4 is 4.74 Å². The smallest absolute Gasteiger partial charge is 0.266 e. The Kier molecular flexibility index (Phi) is 5.33. The summed E-state index contributed by atoms with van der Waals surface area (Å²) in [6, 6.07) is 17.7. The van der Waals surface area contributed by atoms with Gasteiger partial charge in [-0.25, -0.2) is 0 Å². The van der Waals surface area contributed by atoms with Gasteiger partial charge in [0.05, 0.1) is 12.0 Å². The number of nitrogens with zero attached hydrogens (tertiary/aromatic N) is 1. The molecule has 0 unspecified atom stereocenters. The third-order valence-electron chi connectivity index (χ3n) is 3.77. The molecule has 0 atom stereocenters. The molecule has 0 radical (unpaired) electrons. The Hall–Kier alpha value is -2.11. The molecule has 1 amide bonds. The van der Waals surface area contributed by atoms with Crippen molar-refractivity contribution >= 4 is 40.3 Å². The quantitative estimate of drug-likeness (QED) is 0.595. The fourth-order valence-corrected chi connectivity index (χ4v) is 3.80. The molecule has 0 saturated carbocycles. The first-order valence-corrected chi connectivity index (χ1v) is 8.84. The van der Waals surface area contributed by atoms with E-state index in [0.29, 0.717) is 15.8 Å². The van der Waals surface area contributed by atoms with E-state index in [1.165, 1.54) is 17.3 Å². The molecule has 1 heterocycles. The Morgan fingerprint density at radius 2 is 1.83 bits per heavy atom. The molecule has 0 aliphatic carbocycles. The van der Waals surface area contributed by atoms with E-state index in [2.05, 4.69) is 12.1 Å². The molecule has 1 fully saturated rings. The number of carbonyl (C=O) groups is 1. The minimum Gasteiger partial charge on any atom is -0.496 e. The molecule has 0 bridgehead atoms. The molecule has 3 rings (SSSR count). The zero-order valence-electron chi connectivity index (χ0n) is 13.3. The van der Waals surface area contributed by atoms with Crippen molar-refractivity contribution in [3.8, 4) is 5.75 Å². The van der Waals surface area contributed by atoms with E-state index in [1.807, 2.05) is 48.5 Å². The van der Waals surface area contributed by atoms with Gasteiger partial charge in [0.1, 0.15) is 10.1 Å². The number of hydrogen-bond donors (Lipinski definition) is 0. The normalized spacial score (nSPS) is 16.0. The van der Waals surface area contributed by atoms with Crippen LogP contribution in [0.5, 0.6) is 5.75 Å². The second-order valence-electron chi connectivity index (χ2n) is 5.31. The molecular formula is C19H17NO2S2. The maximum atomic E-state index is 12.6. The number of para-hydroxylation sites is 1. The fourth-order valence-electron chi connectivity index (χ4n) is 2.51. The standard InChI is InChI=1S/C19H17NO2S2/c1-22-16-10-6-5-9-15(16)13-17-18(21)20(19(23)24-17)12-11-14-7-3-2-4-8-14/h2-10,13H,11-12H2,1H3/b17-13+. The van der Waals surface area contributed by atoms with Crippen molar-refractivity contribution < 1.29 is 9.53 Å². The second kappa shape index (κ2) is 7.64. The largest absolute Gasteiger partial charge is 0.496 e. The predicted molar refractivity (Wildman–Crippen MR) is 103 cm³/mol. The van der Waals surface area contributed by atoms with E-state index in [-0.39, 0.29) is 5.91 Å². The van der Waals surface area contributed by atoms with Crippen LogP contribution in [0.2, 0.25) is 0 Å². The third-order valence-corrected chi connectivity index (χ3v) is 5.14. The molecule has 0 spiro atoms. The fraction of sp³-hybridized carbons (Fsp3) is 0.158. The van der Waals surface area contributed by atoms with E-state index in [4.69, 9.17) is 17.0 Å². The van der Waals surface area contributed by atoms with Gasteiger partial charge < -0.3 is 4.74 Å². The lowest BCUT2D eigenvalue weighted by molar-refractivity contribution is -0.122. The molecular weight excluding hydrogens is 338 g/mol. The van der Waals surface area contributed by atoms with Gasteiger partial charge in [-0.3, -0.25) is 9.69 Å². The summed E-state index contributed by atoms with van der Waals surface area (Å²) < 4.78 is 5.95. The van der Waals surface area contributed by atoms with Crippen LogP contribution in [-0.2, 0) is 11.2 Å². The van der Waals surface area contributed by atoms with Crippen LogP contribution in [0.25, 0.3) is 6.08 Å². The SMILES string of the molecule is COc1ccccc1/C=C1/SC(=S)N(CCc2ccccc2)C1=O. The van der Waals surface area contributed by atoms with E-state index in [0.717, 1.165) is 17.7 Å². The Bertz CT molecular complexity index is 787. The van der Waals surface area contributed by atoms with Crippen molar-refractivity contribution in [2.45, 2.75) is 6.42 Å². The lowest BCUT2D eigenvalue weighted by Gasteiger charge is -2.14. The van der Waals surface area contributed by atoms with E-state index in [9.17, 15) is 4.79 Å². The highest BCUT2D eigenvalue weighted by Crippen LogP contribution is 2.34. The number of rotatable bonds is 5. The molecule has 1 aliphatic heterocycles. The summed E-state index contributed by atoms with van der Waals surface area (Å²) in [5.74, 6) is 0.707. The van der Waals surface area contributed by atoms with Crippen LogP contribution in [-0.4, -0.2) is 28.8 Å². The topological polar surface area (TPSA) is 29.5 Å². The first-order chi connectivity index (χ1) is 11.7. The minimum atomic E-state index is -0.0353. The van der Waals surface area contributed by atoms with Crippen LogP contribution >= 0.6 is 24.0 Å². The summed E-state index contributed by atoms with van der Waals surface area (Å²) in [7, 11) is 1.62. The molecule has 1 aliphatic rings. The number of carbonyl (C=O) groups excluding carboxylic acids is 1. The summed E-state index contributed by atoms with van der Waals surface area (Å²) in [4.78, 5) is 15.0. The summed E-state index contributed by atoms with van der Waals surface area (Å²) in [6.07, 6.45) is 2.63. The highest BCUT2D eigenvalue weighted by Gasteiger charge is 2.31. The Balaban J connectivity index is 1.75. The van der Waals surface area contributed by atoms with Crippen molar-refractivity contribution in [3.63, 3.8) is 0 Å². The predicted octanol–water partition coefficient (Wildman–Crippen LogP) is 4.14. The van der Waals surface area contributed by atoms with Crippen LogP contribution in [0.4, 0.5) is 0 Å². The Morgan fingerprint density at radius 3 is 2.58 bits per heavy atom. The van der Waals surface area contributed by atoms with Gasteiger partial charge >= 0.3 is 0 Å². The zero-order valence-corrected chi connectivity index (χ0v) is 14.9. The summed E-state index contributed by atoms with van der Waals surface area (Å²) in [5.41, 5.74) is 2.07. The summed E-state index contributed by atoms with van der Waals surface area (Å²) in [6.45, 7) is 0.595. The molecule has 5 heteroatoms. The number of thiocarbonyl (C=S) groups is 1. The van der Waals surface area contributed by atoms with E-state index >= 15 is 0 Å². The lowest BCUT2D eigenvalue weighted by Crippen LogP contribution is -2.30. The molecule has 3 nitrogen and oxygen atoms in total. The van der Waals surface area contributed by atoms with Gasteiger partial charge in [-0.1, -0.05) is 72.5 Å². The Labute approximate surface area is 151 Å². The molecule has 2 aromatic carbocycles. The number of amides is 1. The van der Waals surface area contributed by atoms with Crippen molar-refractivity contribution in [2.75, 3.05) is 13.7 Å². The van der Waals surface area contributed by atoms with Gasteiger partial charge in [-0.2, -0.15) is 0 Å². The number of benzene rings is 2. The molecule has 0 aromatic heterocycles. The zero-order chi connectivity index (χ0) is 16.9. The van der Waals surface area contributed by atoms with Gasteiger partial charge in [-0.15, -0.1) is 0 Å². The molecule has 2 aromatic rings. The number of hydrogen-bond acceptors (Lipinski definition) is 4. The van der Waals surface area contributed by atoms with Crippen LogP contribution in [0.1, 0.15) is 11.1 Å². The maximum absolute atomic E-state index is 12.6. The minimum absolute atomic E-state index is 0.0353. The highest BCUT2D eigenvalue weighted by molar-refractivity contribution is 8.26. The van der Waals surface area contributed by atoms with Gasteiger partial charge in [0.2, 0.25) is 0 Å². The highest BCUT2D eigenvalue weighted by atomic mass is 32.2. The van der Waals surface area contributed by atoms with Gasteiger partial charge in [0, 0.05) is 12.1 Å². The lowest BCUT2D eigenvalue weighted by atomic mass is 10.1. The second-order valence-corrected chi connectivity index (χ2v) is 6.99. The number of thioether (sulfide) groups is 1. The molecule has 122 valence electrons. The van der Waals surface area contributed by atoms with E-state index in [1.54, 1.807) is 12.0 Å². The average Bonchev–Trinajstić information content (AvgIpc) is 2.88. The molecule has 1 saturated heterocycles. The van der Waals surface area contributed by atoms with Crippen LogP contribution in [0.3, 0.4) is 0 Å². The molecule has 24 heavy (non-hydrogen) atoms. The van der Waals surface area contributed by atoms with Crippen LogP contribution in [0.15, 0.2) is 59.5 Å². The number of ether oxygens (including phenoxy) is 1. The summed E-state index contributed by atoms with van der Waals surface area (Å²) >= 11 is 6.73. The Morgan fingerprint density at radius 1 is 1.12 bits per heavy atom. The molecule has 0 N–H and O–H groups in total. The average molecular weight is 355 g/mol.